The van der Waals surface area contributed by atoms with Crippen molar-refractivity contribution in [2.45, 2.75) is 52.0 Å². The van der Waals surface area contributed by atoms with E-state index < -0.39 is 17.8 Å². The molecular weight excluding hydrogens is 270 g/mol. The average molecular weight is 293 g/mol. The molecule has 2 rings (SSSR count). The van der Waals surface area contributed by atoms with Crippen molar-refractivity contribution in [1.82, 2.24) is 9.78 Å². The Morgan fingerprint density at radius 3 is 2.62 bits per heavy atom. The zero-order valence-corrected chi connectivity index (χ0v) is 12.4. The number of carbonyl (C=O) groups is 2. The summed E-state index contributed by atoms with van der Waals surface area (Å²) in [6.07, 6.45) is 7.51. The minimum Gasteiger partial charge on any atom is -0.481 e. The van der Waals surface area contributed by atoms with E-state index in [2.05, 4.69) is 10.4 Å². The highest BCUT2D eigenvalue weighted by Gasteiger charge is 2.35. The molecule has 1 fully saturated rings. The number of hydrogen-bond donors (Lipinski definition) is 2. The number of aromatic nitrogens is 2. The highest BCUT2D eigenvalue weighted by atomic mass is 16.4. The van der Waals surface area contributed by atoms with Crippen LogP contribution in [-0.4, -0.2) is 26.8 Å². The van der Waals surface area contributed by atoms with Crippen molar-refractivity contribution in [2.24, 2.45) is 11.8 Å². The van der Waals surface area contributed by atoms with Crippen LogP contribution in [0.5, 0.6) is 0 Å². The Morgan fingerprint density at radius 1 is 1.38 bits per heavy atom. The van der Waals surface area contributed by atoms with Crippen LogP contribution in [0.15, 0.2) is 12.3 Å². The number of hydrogen-bond acceptors (Lipinski definition) is 3. The van der Waals surface area contributed by atoms with Crippen molar-refractivity contribution in [2.75, 3.05) is 5.32 Å². The van der Waals surface area contributed by atoms with Gasteiger partial charge in [-0.15, -0.1) is 0 Å². The lowest BCUT2D eigenvalue weighted by molar-refractivity contribution is -0.148. The summed E-state index contributed by atoms with van der Waals surface area (Å²) < 4.78 is 1.64. The molecule has 1 saturated carbocycles. The van der Waals surface area contributed by atoms with Gasteiger partial charge in [-0.2, -0.15) is 5.10 Å². The van der Waals surface area contributed by atoms with Crippen LogP contribution in [0.2, 0.25) is 0 Å². The second-order valence-corrected chi connectivity index (χ2v) is 5.59. The van der Waals surface area contributed by atoms with Crippen LogP contribution in [0.1, 0.15) is 45.4 Å². The third-order valence-electron chi connectivity index (χ3n) is 4.19. The first kappa shape index (κ1) is 15.5. The van der Waals surface area contributed by atoms with Gasteiger partial charge in [-0.3, -0.25) is 9.59 Å². The van der Waals surface area contributed by atoms with E-state index in [1.54, 1.807) is 16.9 Å². The van der Waals surface area contributed by atoms with Gasteiger partial charge in [0.15, 0.2) is 0 Å². The molecule has 1 atom stereocenters. The molecule has 2 N–H and O–H groups in total. The van der Waals surface area contributed by atoms with Crippen LogP contribution < -0.4 is 5.32 Å². The molecule has 1 aromatic heterocycles. The van der Waals surface area contributed by atoms with Crippen LogP contribution in [-0.2, 0) is 16.1 Å². The van der Waals surface area contributed by atoms with Gasteiger partial charge < -0.3 is 10.4 Å². The first-order chi connectivity index (χ1) is 10.1. The Labute approximate surface area is 124 Å². The van der Waals surface area contributed by atoms with E-state index >= 15 is 0 Å². The number of aliphatic carboxylic acids is 1. The van der Waals surface area contributed by atoms with Crippen molar-refractivity contribution >= 4 is 17.7 Å². The van der Waals surface area contributed by atoms with Gasteiger partial charge in [-0.1, -0.05) is 25.7 Å². The molecule has 0 bridgehead atoms. The number of amides is 1. The summed E-state index contributed by atoms with van der Waals surface area (Å²) in [6.45, 7) is 2.55. The highest BCUT2D eigenvalue weighted by molar-refractivity contribution is 6.04. The fourth-order valence-corrected chi connectivity index (χ4v) is 3.07. The monoisotopic (exact) mass is 293 g/mol. The first-order valence-corrected chi connectivity index (χ1v) is 7.69. The number of anilines is 1. The van der Waals surface area contributed by atoms with Gasteiger partial charge in [0.2, 0.25) is 5.91 Å². The second-order valence-electron chi connectivity index (χ2n) is 5.59. The predicted molar refractivity (Wildman–Crippen MR) is 78.8 cm³/mol. The Balaban J connectivity index is 2.10. The number of nitrogens with one attached hydrogen (secondary N) is 1. The summed E-state index contributed by atoms with van der Waals surface area (Å²) in [5.41, 5.74) is 0. The Morgan fingerprint density at radius 2 is 2.05 bits per heavy atom. The van der Waals surface area contributed by atoms with Crippen molar-refractivity contribution in [1.29, 1.82) is 0 Å². The summed E-state index contributed by atoms with van der Waals surface area (Å²) in [7, 11) is 0. The molecule has 0 aromatic carbocycles. The number of carbonyl (C=O) groups excluding carboxylic acids is 1. The van der Waals surface area contributed by atoms with Gasteiger partial charge in [0.05, 0.1) is 6.20 Å². The topological polar surface area (TPSA) is 84.2 Å². The summed E-state index contributed by atoms with van der Waals surface area (Å²) >= 11 is 0. The maximum Gasteiger partial charge on any atom is 0.316 e. The lowest BCUT2D eigenvalue weighted by atomic mass is 9.85. The molecule has 0 spiro atoms. The average Bonchev–Trinajstić information content (AvgIpc) is 2.71. The van der Waals surface area contributed by atoms with Gasteiger partial charge in [0.1, 0.15) is 11.7 Å². The van der Waals surface area contributed by atoms with Gasteiger partial charge >= 0.3 is 5.97 Å². The number of aryl methyl sites for hydroxylation is 1. The minimum absolute atomic E-state index is 0.0667. The maximum absolute atomic E-state index is 12.4. The molecule has 1 amide bonds. The van der Waals surface area contributed by atoms with Crippen LogP contribution in [0.25, 0.3) is 0 Å². The lowest BCUT2D eigenvalue weighted by Crippen LogP contribution is -2.36. The lowest BCUT2D eigenvalue weighted by Gasteiger charge is -2.21. The minimum atomic E-state index is -1.03. The fourth-order valence-electron chi connectivity index (χ4n) is 3.07. The number of nitrogens with zero attached hydrogens (tertiary/aromatic N) is 2. The molecule has 6 nitrogen and oxygen atoms in total. The molecule has 0 radical (unpaired) electrons. The van der Waals surface area contributed by atoms with E-state index in [-0.39, 0.29) is 5.92 Å². The van der Waals surface area contributed by atoms with Crippen LogP contribution in [0, 0.1) is 11.8 Å². The zero-order chi connectivity index (χ0) is 15.2. The summed E-state index contributed by atoms with van der Waals surface area (Å²) in [4.78, 5) is 24.0. The predicted octanol–water partition coefficient (Wildman–Crippen LogP) is 2.51. The van der Waals surface area contributed by atoms with Crippen molar-refractivity contribution in [3.63, 3.8) is 0 Å². The second kappa shape index (κ2) is 7.24. The largest absolute Gasteiger partial charge is 0.481 e. The van der Waals surface area contributed by atoms with Gasteiger partial charge in [-0.25, -0.2) is 4.68 Å². The van der Waals surface area contributed by atoms with Gasteiger partial charge in [-0.05, 0) is 25.7 Å². The summed E-state index contributed by atoms with van der Waals surface area (Å²) in [6, 6.07) is 1.69. The zero-order valence-electron chi connectivity index (χ0n) is 12.4. The normalized spacial score (nSPS) is 18.0. The van der Waals surface area contributed by atoms with E-state index in [1.807, 2.05) is 6.92 Å². The fraction of sp³-hybridized carbons (Fsp3) is 0.667. The Kier molecular flexibility index (Phi) is 5.36. The molecule has 1 heterocycles. The Hall–Kier alpha value is -1.85. The number of carboxylic acid groups (broad SMARTS) is 1. The third kappa shape index (κ3) is 3.83. The van der Waals surface area contributed by atoms with Crippen molar-refractivity contribution in [3.05, 3.63) is 12.3 Å². The van der Waals surface area contributed by atoms with E-state index in [0.29, 0.717) is 12.4 Å². The number of carboxylic acids is 1. The first-order valence-electron chi connectivity index (χ1n) is 7.69. The molecule has 1 aliphatic rings. The van der Waals surface area contributed by atoms with Crippen LogP contribution >= 0.6 is 0 Å². The summed E-state index contributed by atoms with van der Waals surface area (Å²) in [5.74, 6) is -1.93. The van der Waals surface area contributed by atoms with Crippen LogP contribution in [0.4, 0.5) is 5.82 Å². The van der Waals surface area contributed by atoms with Gasteiger partial charge in [0.25, 0.3) is 0 Å². The molecule has 0 aliphatic heterocycles. The molecule has 1 aromatic rings. The summed E-state index contributed by atoms with van der Waals surface area (Å²) in [5, 5.41) is 16.3. The molecule has 116 valence electrons. The maximum atomic E-state index is 12.4. The molecule has 1 aliphatic carbocycles. The third-order valence-corrected chi connectivity index (χ3v) is 4.19. The standard InChI is InChI=1S/C15H23N3O3/c1-2-18-12(9-10-16-18)17-14(19)13(15(20)21)11-7-5-3-4-6-8-11/h9-11,13H,2-8H2,1H3,(H,17,19)(H,20,21)/t13-/m0/s1. The molecular formula is C15H23N3O3. The SMILES string of the molecule is CCn1nccc1NC(=O)[C@@H](C(=O)O)C1CCCCCC1. The smallest absolute Gasteiger partial charge is 0.316 e. The van der Waals surface area contributed by atoms with Crippen molar-refractivity contribution < 1.29 is 14.7 Å². The molecule has 21 heavy (non-hydrogen) atoms. The molecule has 0 saturated heterocycles. The van der Waals surface area contributed by atoms with E-state index in [1.165, 1.54) is 0 Å². The Bertz CT molecular complexity index is 490. The van der Waals surface area contributed by atoms with E-state index in [0.717, 1.165) is 38.5 Å². The van der Waals surface area contributed by atoms with Crippen molar-refractivity contribution in [3.8, 4) is 0 Å². The molecule has 6 heteroatoms. The quantitative estimate of drug-likeness (QED) is 0.645. The molecule has 0 unspecified atom stereocenters. The van der Waals surface area contributed by atoms with Gasteiger partial charge in [0, 0.05) is 12.6 Å². The van der Waals surface area contributed by atoms with E-state index in [9.17, 15) is 14.7 Å². The highest BCUT2D eigenvalue weighted by Crippen LogP contribution is 2.30. The van der Waals surface area contributed by atoms with Crippen LogP contribution in [0.3, 0.4) is 0 Å². The number of rotatable bonds is 5. The van der Waals surface area contributed by atoms with E-state index in [4.69, 9.17) is 0 Å².